The molecule has 0 bridgehead atoms. The van der Waals surface area contributed by atoms with E-state index in [4.69, 9.17) is 0 Å². The average molecular weight is 494 g/mol. The van der Waals surface area contributed by atoms with Crippen molar-refractivity contribution in [3.8, 4) is 0 Å². The van der Waals surface area contributed by atoms with Gasteiger partial charge in [-0.25, -0.2) is 19.3 Å². The van der Waals surface area contributed by atoms with E-state index in [1.54, 1.807) is 6.92 Å². The highest BCUT2D eigenvalue weighted by Crippen LogP contribution is 2.33. The van der Waals surface area contributed by atoms with Gasteiger partial charge in [0.25, 0.3) is 11.8 Å². The number of alkyl halides is 3. The molecule has 1 aliphatic rings. The largest absolute Gasteiger partial charge is 0.419 e. The van der Waals surface area contributed by atoms with E-state index in [1.807, 2.05) is 0 Å². The summed E-state index contributed by atoms with van der Waals surface area (Å²) in [6.45, 7) is 1.61. The molecular weight excluding hydrogens is 480 g/mol. The quantitative estimate of drug-likeness (QED) is 0.467. The Balaban J connectivity index is 1.44. The molecule has 3 aromatic rings. The van der Waals surface area contributed by atoms with Gasteiger partial charge in [-0.1, -0.05) is 0 Å². The van der Waals surface area contributed by atoms with Crippen molar-refractivity contribution < 1.29 is 31.9 Å². The number of halogens is 4. The minimum Gasteiger partial charge on any atom is -0.342 e. The fraction of sp³-hybridized carbons (Fsp3) is 0.200. The second-order valence-electron chi connectivity index (χ2n) is 7.18. The van der Waals surface area contributed by atoms with Gasteiger partial charge in [-0.2, -0.15) is 13.2 Å². The summed E-state index contributed by atoms with van der Waals surface area (Å²) in [4.78, 5) is 48.7. The molecule has 0 saturated heterocycles. The molecule has 1 aliphatic heterocycles. The van der Waals surface area contributed by atoms with Gasteiger partial charge < -0.3 is 16.0 Å². The molecule has 0 fully saturated rings. The first-order valence-electron chi connectivity index (χ1n) is 9.61. The topological polar surface area (TPSA) is 126 Å². The average Bonchev–Trinajstić information content (AvgIpc) is 3.40. The number of nitrogens with zero attached hydrogens (tertiary/aromatic N) is 3. The third kappa shape index (κ3) is 4.71. The van der Waals surface area contributed by atoms with Gasteiger partial charge in [0.05, 0.1) is 24.2 Å². The zero-order chi connectivity index (χ0) is 24.6. The molecule has 0 radical (unpaired) electrons. The van der Waals surface area contributed by atoms with Crippen LogP contribution >= 0.6 is 11.3 Å². The SMILES string of the molecule is CC(NC(=O)c1ncnc2c1CC(=O)N2)c1ncc(C(=O)Nc2ccc(F)c(C(F)(F)F)c2)s1. The first-order chi connectivity index (χ1) is 16.0. The lowest BCUT2D eigenvalue weighted by Crippen LogP contribution is -2.28. The molecule has 0 saturated carbocycles. The van der Waals surface area contributed by atoms with E-state index in [9.17, 15) is 31.9 Å². The number of anilines is 2. The predicted octanol–water partition coefficient (Wildman–Crippen LogP) is 3.33. The fourth-order valence-electron chi connectivity index (χ4n) is 3.15. The Hall–Kier alpha value is -3.94. The van der Waals surface area contributed by atoms with Crippen LogP contribution < -0.4 is 16.0 Å². The Morgan fingerprint density at radius 1 is 1.18 bits per heavy atom. The van der Waals surface area contributed by atoms with Crippen molar-refractivity contribution in [1.29, 1.82) is 0 Å². The first kappa shape index (κ1) is 23.2. The molecule has 3 amide bonds. The number of amides is 3. The van der Waals surface area contributed by atoms with Crippen LogP contribution in [0.2, 0.25) is 0 Å². The molecule has 0 spiro atoms. The summed E-state index contributed by atoms with van der Waals surface area (Å²) in [5.74, 6) is -2.82. The molecule has 9 nitrogen and oxygen atoms in total. The minimum absolute atomic E-state index is 0.0292. The van der Waals surface area contributed by atoms with Crippen LogP contribution in [0, 0.1) is 5.82 Å². The summed E-state index contributed by atoms with van der Waals surface area (Å²) in [6, 6.07) is 1.46. The number of nitrogens with one attached hydrogen (secondary N) is 3. The molecule has 2 aromatic heterocycles. The van der Waals surface area contributed by atoms with E-state index in [0.29, 0.717) is 22.7 Å². The van der Waals surface area contributed by atoms with Crippen molar-refractivity contribution in [2.24, 2.45) is 0 Å². The van der Waals surface area contributed by atoms with Crippen molar-refractivity contribution in [3.63, 3.8) is 0 Å². The number of rotatable bonds is 5. The van der Waals surface area contributed by atoms with Crippen LogP contribution in [0.1, 0.15) is 49.3 Å². The van der Waals surface area contributed by atoms with Crippen LogP contribution in [0.4, 0.5) is 29.1 Å². The summed E-state index contributed by atoms with van der Waals surface area (Å²) >= 11 is 0.911. The second kappa shape index (κ2) is 8.78. The van der Waals surface area contributed by atoms with Crippen molar-refractivity contribution >= 4 is 40.6 Å². The predicted molar refractivity (Wildman–Crippen MR) is 112 cm³/mol. The van der Waals surface area contributed by atoms with Gasteiger partial charge >= 0.3 is 6.18 Å². The Kier molecular flexibility index (Phi) is 6.00. The third-order valence-corrected chi connectivity index (χ3v) is 5.93. The molecule has 1 unspecified atom stereocenters. The molecule has 3 heterocycles. The summed E-state index contributed by atoms with van der Waals surface area (Å²) < 4.78 is 52.1. The molecule has 176 valence electrons. The second-order valence-corrected chi connectivity index (χ2v) is 8.24. The zero-order valence-corrected chi connectivity index (χ0v) is 18.0. The first-order valence-corrected chi connectivity index (χ1v) is 10.4. The van der Waals surface area contributed by atoms with Crippen molar-refractivity contribution in [2.45, 2.75) is 25.6 Å². The van der Waals surface area contributed by atoms with Gasteiger partial charge in [-0.3, -0.25) is 14.4 Å². The summed E-state index contributed by atoms with van der Waals surface area (Å²) in [6.07, 6.45) is -2.59. The molecule has 1 atom stereocenters. The Morgan fingerprint density at radius 2 is 1.94 bits per heavy atom. The number of hydrogen-bond acceptors (Lipinski definition) is 7. The van der Waals surface area contributed by atoms with Crippen molar-refractivity contribution in [1.82, 2.24) is 20.3 Å². The monoisotopic (exact) mass is 494 g/mol. The number of carbonyl (C=O) groups is 3. The number of hydrogen-bond donors (Lipinski definition) is 3. The maximum atomic E-state index is 13.4. The van der Waals surface area contributed by atoms with E-state index in [2.05, 4.69) is 30.9 Å². The maximum absolute atomic E-state index is 13.4. The van der Waals surface area contributed by atoms with E-state index >= 15 is 0 Å². The van der Waals surface area contributed by atoms with E-state index in [1.165, 1.54) is 6.20 Å². The van der Waals surface area contributed by atoms with Crippen LogP contribution in [-0.2, 0) is 17.4 Å². The highest BCUT2D eigenvalue weighted by atomic mass is 32.1. The number of aromatic nitrogens is 3. The van der Waals surface area contributed by atoms with E-state index < -0.39 is 35.4 Å². The van der Waals surface area contributed by atoms with Gasteiger partial charge in [0, 0.05) is 11.3 Å². The highest BCUT2D eigenvalue weighted by Gasteiger charge is 2.34. The fourth-order valence-corrected chi connectivity index (χ4v) is 3.97. The maximum Gasteiger partial charge on any atom is 0.419 e. The molecule has 3 N–H and O–H groups in total. The molecule has 14 heteroatoms. The lowest BCUT2D eigenvalue weighted by atomic mass is 10.1. The number of thiazole rings is 1. The standard InChI is InChI=1S/C20H14F4N6O3S/c1-8(28-18(33)15-10-5-14(31)30-16(10)27-7-26-15)19-25-6-13(34-19)17(32)29-9-2-3-12(21)11(4-9)20(22,23)24/h2-4,6-8H,5H2,1H3,(H,28,33)(H,29,32)(H,26,27,30,31). The Labute approximate surface area is 192 Å². The van der Waals surface area contributed by atoms with Gasteiger partial charge in [-0.15, -0.1) is 11.3 Å². The molecule has 4 rings (SSSR count). The van der Waals surface area contributed by atoms with Crippen molar-refractivity contribution in [3.05, 3.63) is 63.2 Å². The van der Waals surface area contributed by atoms with E-state index in [0.717, 1.165) is 23.7 Å². The third-order valence-electron chi connectivity index (χ3n) is 4.75. The molecule has 34 heavy (non-hydrogen) atoms. The van der Waals surface area contributed by atoms with Crippen LogP contribution in [-0.4, -0.2) is 32.7 Å². The van der Waals surface area contributed by atoms with Gasteiger partial charge in [0.2, 0.25) is 5.91 Å². The minimum atomic E-state index is -4.91. The Bertz CT molecular complexity index is 1310. The van der Waals surface area contributed by atoms with Crippen LogP contribution in [0.25, 0.3) is 0 Å². The van der Waals surface area contributed by atoms with E-state index in [-0.39, 0.29) is 34.4 Å². The van der Waals surface area contributed by atoms with Gasteiger partial charge in [0.15, 0.2) is 0 Å². The molecule has 0 aliphatic carbocycles. The molecule has 1 aromatic carbocycles. The van der Waals surface area contributed by atoms with Gasteiger partial charge in [0.1, 0.15) is 33.5 Å². The van der Waals surface area contributed by atoms with Crippen LogP contribution in [0.15, 0.2) is 30.7 Å². The van der Waals surface area contributed by atoms with Gasteiger partial charge in [-0.05, 0) is 25.1 Å². The zero-order valence-electron chi connectivity index (χ0n) is 17.2. The number of fused-ring (bicyclic) bond motifs is 1. The lowest BCUT2D eigenvalue weighted by Gasteiger charge is -2.12. The summed E-state index contributed by atoms with van der Waals surface area (Å²) in [5.41, 5.74) is -1.34. The summed E-state index contributed by atoms with van der Waals surface area (Å²) in [5, 5.41) is 7.80. The molecular formula is C20H14F4N6O3S. The number of benzene rings is 1. The Morgan fingerprint density at radius 3 is 2.68 bits per heavy atom. The van der Waals surface area contributed by atoms with Crippen LogP contribution in [0.3, 0.4) is 0 Å². The smallest absolute Gasteiger partial charge is 0.342 e. The highest BCUT2D eigenvalue weighted by molar-refractivity contribution is 7.13. The van der Waals surface area contributed by atoms with Crippen LogP contribution in [0.5, 0.6) is 0 Å². The normalized spacial score (nSPS) is 13.7. The number of carbonyl (C=O) groups excluding carboxylic acids is 3. The lowest BCUT2D eigenvalue weighted by molar-refractivity contribution is -0.140. The van der Waals surface area contributed by atoms with Crippen molar-refractivity contribution in [2.75, 3.05) is 10.6 Å². The summed E-state index contributed by atoms with van der Waals surface area (Å²) in [7, 11) is 0.